The largest absolute Gasteiger partial charge is 0.416 e. The lowest BCUT2D eigenvalue weighted by molar-refractivity contribution is -0.137. The first-order chi connectivity index (χ1) is 21.1. The van der Waals surface area contributed by atoms with Crippen molar-refractivity contribution in [2.75, 3.05) is 31.1 Å². The number of hydrogen-bond donors (Lipinski definition) is 1. The van der Waals surface area contributed by atoms with Gasteiger partial charge < -0.3 is 10.2 Å². The third-order valence-corrected chi connectivity index (χ3v) is 7.89. The normalized spacial score (nSPS) is 14.8. The minimum absolute atomic E-state index is 0.00793. The smallest absolute Gasteiger partial charge is 0.369 e. The van der Waals surface area contributed by atoms with Gasteiger partial charge in [0.1, 0.15) is 6.04 Å². The maximum absolute atomic E-state index is 13.3. The minimum atomic E-state index is -4.41. The van der Waals surface area contributed by atoms with Crippen molar-refractivity contribution in [1.82, 2.24) is 10.2 Å². The highest BCUT2D eigenvalue weighted by Crippen LogP contribution is 2.32. The number of hydrogen-bond acceptors (Lipinski definition) is 4. The molecule has 0 saturated carbocycles. The third kappa shape index (κ3) is 7.37. The number of benzene rings is 4. The standard InChI is InChI=1S/C36H36F3N3O2/c1-25(2)40-35(44)34(28-8-4-3-5-9-28)42-22-20-41(21-23-42)30-18-12-26(13-19-30)24-33(43)32-11-7-6-10-31(32)27-14-16-29(17-15-27)36(37,38)39/h3-19,25,34H,20-24H2,1-2H3,(H,40,44). The maximum Gasteiger partial charge on any atom is 0.416 e. The molecule has 1 unspecified atom stereocenters. The average Bonchev–Trinajstić information content (AvgIpc) is 3.02. The second-order valence-electron chi connectivity index (χ2n) is 11.4. The Kier molecular flexibility index (Phi) is 9.49. The van der Waals surface area contributed by atoms with Crippen molar-refractivity contribution >= 4 is 17.4 Å². The molecular weight excluding hydrogens is 563 g/mol. The highest BCUT2D eigenvalue weighted by molar-refractivity contribution is 6.03. The number of carbonyl (C=O) groups excluding carboxylic acids is 2. The molecule has 0 bridgehead atoms. The van der Waals surface area contributed by atoms with Crippen LogP contribution in [-0.4, -0.2) is 48.8 Å². The van der Waals surface area contributed by atoms with Crippen LogP contribution in [0.5, 0.6) is 0 Å². The van der Waals surface area contributed by atoms with Crippen molar-refractivity contribution in [2.24, 2.45) is 0 Å². The van der Waals surface area contributed by atoms with Gasteiger partial charge in [0.05, 0.1) is 5.56 Å². The molecule has 1 N–H and O–H groups in total. The van der Waals surface area contributed by atoms with Crippen molar-refractivity contribution in [3.63, 3.8) is 0 Å². The molecule has 4 aromatic carbocycles. The summed E-state index contributed by atoms with van der Waals surface area (Å²) >= 11 is 0. The van der Waals surface area contributed by atoms with Gasteiger partial charge in [-0.05, 0) is 60.4 Å². The van der Waals surface area contributed by atoms with Crippen LogP contribution >= 0.6 is 0 Å². The van der Waals surface area contributed by atoms with Gasteiger partial charge in [0, 0.05) is 49.9 Å². The first-order valence-corrected chi connectivity index (χ1v) is 14.8. The number of nitrogens with one attached hydrogen (secondary N) is 1. The summed E-state index contributed by atoms with van der Waals surface area (Å²) in [5, 5.41) is 3.07. The van der Waals surface area contributed by atoms with Crippen LogP contribution in [0.2, 0.25) is 0 Å². The molecule has 44 heavy (non-hydrogen) atoms. The van der Waals surface area contributed by atoms with Gasteiger partial charge in [-0.1, -0.05) is 78.9 Å². The molecule has 1 amide bonds. The molecule has 0 spiro atoms. The summed E-state index contributed by atoms with van der Waals surface area (Å²) < 4.78 is 39.1. The zero-order chi connectivity index (χ0) is 31.3. The Balaban J connectivity index is 1.23. The van der Waals surface area contributed by atoms with Gasteiger partial charge in [0.15, 0.2) is 5.78 Å². The Morgan fingerprint density at radius 3 is 2.00 bits per heavy atom. The molecule has 1 fully saturated rings. The number of rotatable bonds is 9. The number of Topliss-reactive ketones (excluding diaryl/α,β-unsaturated/α-hetero) is 1. The number of carbonyl (C=O) groups is 2. The number of halogens is 3. The summed E-state index contributed by atoms with van der Waals surface area (Å²) in [6.07, 6.45) is -4.24. The SMILES string of the molecule is CC(C)NC(=O)C(c1ccccc1)N1CCN(c2ccc(CC(=O)c3ccccc3-c3ccc(C(F)(F)F)cc3)cc2)CC1. The lowest BCUT2D eigenvalue weighted by Crippen LogP contribution is -2.51. The maximum atomic E-state index is 13.3. The number of ketones is 1. The molecule has 1 aliphatic rings. The quantitative estimate of drug-likeness (QED) is 0.207. The van der Waals surface area contributed by atoms with E-state index in [1.807, 2.05) is 68.4 Å². The summed E-state index contributed by atoms with van der Waals surface area (Å²) in [6, 6.07) is 29.4. The monoisotopic (exact) mass is 599 g/mol. The van der Waals surface area contributed by atoms with E-state index in [0.717, 1.165) is 55.1 Å². The second-order valence-corrected chi connectivity index (χ2v) is 11.4. The van der Waals surface area contributed by atoms with E-state index >= 15 is 0 Å². The van der Waals surface area contributed by atoms with Crippen LogP contribution in [-0.2, 0) is 17.4 Å². The second kappa shape index (κ2) is 13.5. The van der Waals surface area contributed by atoms with Crippen molar-refractivity contribution in [3.8, 4) is 11.1 Å². The van der Waals surface area contributed by atoms with E-state index in [9.17, 15) is 22.8 Å². The van der Waals surface area contributed by atoms with Gasteiger partial charge in [-0.3, -0.25) is 14.5 Å². The van der Waals surface area contributed by atoms with Crippen LogP contribution in [0.25, 0.3) is 11.1 Å². The van der Waals surface area contributed by atoms with E-state index in [1.54, 1.807) is 24.3 Å². The van der Waals surface area contributed by atoms with Crippen LogP contribution in [0.15, 0.2) is 103 Å². The van der Waals surface area contributed by atoms with Gasteiger partial charge in [-0.2, -0.15) is 13.2 Å². The van der Waals surface area contributed by atoms with Crippen molar-refractivity contribution in [3.05, 3.63) is 125 Å². The Labute approximate surface area is 256 Å². The molecule has 4 aromatic rings. The molecule has 0 aliphatic carbocycles. The Morgan fingerprint density at radius 1 is 0.773 bits per heavy atom. The minimum Gasteiger partial charge on any atom is -0.369 e. The summed E-state index contributed by atoms with van der Waals surface area (Å²) in [5.41, 5.74) is 3.81. The van der Waals surface area contributed by atoms with Crippen LogP contribution in [0.1, 0.15) is 46.9 Å². The van der Waals surface area contributed by atoms with Crippen LogP contribution in [0.4, 0.5) is 18.9 Å². The van der Waals surface area contributed by atoms with Gasteiger partial charge >= 0.3 is 6.18 Å². The average molecular weight is 600 g/mol. The van der Waals surface area contributed by atoms with Crippen LogP contribution in [0, 0.1) is 0 Å². The highest BCUT2D eigenvalue weighted by atomic mass is 19.4. The number of piperazine rings is 1. The molecule has 1 saturated heterocycles. The Morgan fingerprint density at radius 2 is 1.39 bits per heavy atom. The molecule has 228 valence electrons. The van der Waals surface area contributed by atoms with Gasteiger partial charge in [0.25, 0.3) is 0 Å². The summed E-state index contributed by atoms with van der Waals surface area (Å²) in [6.45, 7) is 6.91. The number of amides is 1. The summed E-state index contributed by atoms with van der Waals surface area (Å²) in [4.78, 5) is 31.0. The van der Waals surface area contributed by atoms with Crippen molar-refractivity contribution < 1.29 is 22.8 Å². The predicted molar refractivity (Wildman–Crippen MR) is 168 cm³/mol. The van der Waals surface area contributed by atoms with Crippen molar-refractivity contribution in [1.29, 1.82) is 0 Å². The zero-order valence-electron chi connectivity index (χ0n) is 24.9. The summed E-state index contributed by atoms with van der Waals surface area (Å²) in [7, 11) is 0. The molecule has 8 heteroatoms. The van der Waals surface area contributed by atoms with E-state index < -0.39 is 11.7 Å². The Bertz CT molecular complexity index is 1560. The lowest BCUT2D eigenvalue weighted by atomic mass is 9.93. The number of alkyl halides is 3. The topological polar surface area (TPSA) is 52.7 Å². The first kappa shape index (κ1) is 31.0. The molecule has 1 atom stereocenters. The molecule has 1 heterocycles. The van der Waals surface area contributed by atoms with Crippen molar-refractivity contribution in [2.45, 2.75) is 38.5 Å². The molecule has 5 nitrogen and oxygen atoms in total. The number of nitrogens with zero attached hydrogens (tertiary/aromatic N) is 2. The molecule has 0 aromatic heterocycles. The van der Waals surface area contributed by atoms with E-state index in [0.29, 0.717) is 16.7 Å². The highest BCUT2D eigenvalue weighted by Gasteiger charge is 2.31. The fraction of sp³-hybridized carbons (Fsp3) is 0.278. The van der Waals surface area contributed by atoms with E-state index in [-0.39, 0.29) is 30.2 Å². The van der Waals surface area contributed by atoms with Gasteiger partial charge in [-0.15, -0.1) is 0 Å². The fourth-order valence-electron chi connectivity index (χ4n) is 5.69. The van der Waals surface area contributed by atoms with Gasteiger partial charge in [-0.25, -0.2) is 0 Å². The third-order valence-electron chi connectivity index (χ3n) is 7.89. The summed E-state index contributed by atoms with van der Waals surface area (Å²) in [5.74, 6) is -0.0953. The van der Waals surface area contributed by atoms with E-state index in [2.05, 4.69) is 15.1 Å². The fourth-order valence-corrected chi connectivity index (χ4v) is 5.69. The first-order valence-electron chi connectivity index (χ1n) is 14.8. The molecule has 1 aliphatic heterocycles. The predicted octanol–water partition coefficient (Wildman–Crippen LogP) is 7.19. The molecule has 5 rings (SSSR count). The van der Waals surface area contributed by atoms with Crippen LogP contribution in [0.3, 0.4) is 0 Å². The lowest BCUT2D eigenvalue weighted by Gasteiger charge is -2.40. The molecule has 0 radical (unpaired) electrons. The zero-order valence-corrected chi connectivity index (χ0v) is 24.9. The Hall–Kier alpha value is -4.43. The van der Waals surface area contributed by atoms with Gasteiger partial charge in [0.2, 0.25) is 5.91 Å². The van der Waals surface area contributed by atoms with E-state index in [4.69, 9.17) is 0 Å². The number of anilines is 1. The molecular formula is C36H36F3N3O2. The van der Waals surface area contributed by atoms with Crippen LogP contribution < -0.4 is 10.2 Å². The van der Waals surface area contributed by atoms with E-state index in [1.165, 1.54) is 12.1 Å².